The molecule has 0 fully saturated rings. The number of aromatic nitrogens is 2. The first-order valence-electron chi connectivity index (χ1n) is 5.35. The lowest BCUT2D eigenvalue weighted by molar-refractivity contribution is 0.275. The highest BCUT2D eigenvalue weighted by Gasteiger charge is 2.15. The Morgan fingerprint density at radius 3 is 2.71 bits per heavy atom. The molecule has 4 nitrogen and oxygen atoms in total. The highest BCUT2D eigenvalue weighted by molar-refractivity contribution is 6.30. The van der Waals surface area contributed by atoms with Gasteiger partial charge in [-0.2, -0.15) is 0 Å². The van der Waals surface area contributed by atoms with Crippen LogP contribution in [0.1, 0.15) is 29.9 Å². The van der Waals surface area contributed by atoms with Crippen molar-refractivity contribution in [2.75, 3.05) is 6.54 Å². The van der Waals surface area contributed by atoms with E-state index in [1.165, 1.54) is 0 Å². The molecule has 94 valence electrons. The minimum Gasteiger partial charge on any atom is -0.390 e. The first-order valence-corrected chi connectivity index (χ1v) is 5.73. The summed E-state index contributed by atoms with van der Waals surface area (Å²) in [6.45, 7) is 2.56. The first-order chi connectivity index (χ1) is 7.70. The van der Waals surface area contributed by atoms with Crippen molar-refractivity contribution >= 4 is 29.7 Å². The van der Waals surface area contributed by atoms with Crippen LogP contribution < -0.4 is 0 Å². The van der Waals surface area contributed by atoms with E-state index in [-0.39, 0.29) is 19.0 Å². The Morgan fingerprint density at radius 2 is 2.12 bits per heavy atom. The standard InChI is InChI=1S/C11H14ClN3O.ClH/c1-7-14-10(6-16)9(11(12)15-7)5-8-3-2-4-13-8;/h16H,2-6H2,1H3;1H. The molecule has 1 N–H and O–H groups in total. The fourth-order valence-corrected chi connectivity index (χ4v) is 2.17. The average Bonchev–Trinajstić information content (AvgIpc) is 2.74. The summed E-state index contributed by atoms with van der Waals surface area (Å²) in [6.07, 6.45) is 2.78. The highest BCUT2D eigenvalue weighted by atomic mass is 35.5. The summed E-state index contributed by atoms with van der Waals surface area (Å²) < 4.78 is 0. The Labute approximate surface area is 112 Å². The van der Waals surface area contributed by atoms with Gasteiger partial charge in [0.1, 0.15) is 11.0 Å². The lowest BCUT2D eigenvalue weighted by Gasteiger charge is -2.09. The molecule has 0 saturated carbocycles. The van der Waals surface area contributed by atoms with Gasteiger partial charge in [-0.1, -0.05) is 11.6 Å². The van der Waals surface area contributed by atoms with E-state index in [0.717, 1.165) is 30.7 Å². The van der Waals surface area contributed by atoms with Gasteiger partial charge in [0.25, 0.3) is 0 Å². The summed E-state index contributed by atoms with van der Waals surface area (Å²) in [5.41, 5.74) is 2.56. The zero-order chi connectivity index (χ0) is 11.5. The van der Waals surface area contributed by atoms with Crippen molar-refractivity contribution in [1.82, 2.24) is 9.97 Å². The fraction of sp³-hybridized carbons (Fsp3) is 0.545. The SMILES string of the molecule is Cc1nc(Cl)c(CC2=NCCC2)c(CO)n1.Cl. The van der Waals surface area contributed by atoms with Crippen molar-refractivity contribution in [2.45, 2.75) is 32.8 Å². The highest BCUT2D eigenvalue weighted by Crippen LogP contribution is 2.20. The zero-order valence-electron chi connectivity index (χ0n) is 9.61. The van der Waals surface area contributed by atoms with Crippen molar-refractivity contribution in [3.05, 3.63) is 22.2 Å². The maximum atomic E-state index is 9.25. The predicted molar refractivity (Wildman–Crippen MR) is 70.2 cm³/mol. The van der Waals surface area contributed by atoms with Crippen molar-refractivity contribution in [1.29, 1.82) is 0 Å². The molecule has 0 aliphatic carbocycles. The van der Waals surface area contributed by atoms with E-state index in [0.29, 0.717) is 23.1 Å². The molecule has 0 spiro atoms. The molecule has 0 saturated heterocycles. The number of aryl methyl sites for hydroxylation is 1. The number of nitrogens with zero attached hydrogens (tertiary/aromatic N) is 3. The molecular formula is C11H15Cl2N3O. The van der Waals surface area contributed by atoms with Gasteiger partial charge in [-0.15, -0.1) is 12.4 Å². The number of halogens is 2. The van der Waals surface area contributed by atoms with Crippen LogP contribution in [0.4, 0.5) is 0 Å². The minimum atomic E-state index is -0.105. The second-order valence-electron chi connectivity index (χ2n) is 3.87. The van der Waals surface area contributed by atoms with Crippen LogP contribution in [0.25, 0.3) is 0 Å². The lowest BCUT2D eigenvalue weighted by Crippen LogP contribution is -2.08. The van der Waals surface area contributed by atoms with E-state index in [4.69, 9.17) is 11.6 Å². The minimum absolute atomic E-state index is 0. The van der Waals surface area contributed by atoms with Crippen LogP contribution in [0.3, 0.4) is 0 Å². The Bertz CT molecular complexity index is 435. The summed E-state index contributed by atoms with van der Waals surface area (Å²) in [5, 5.41) is 9.69. The molecule has 0 bridgehead atoms. The van der Waals surface area contributed by atoms with Crippen molar-refractivity contribution in [2.24, 2.45) is 4.99 Å². The molecule has 1 aromatic heterocycles. The quantitative estimate of drug-likeness (QED) is 0.860. The molecule has 0 amide bonds. The summed E-state index contributed by atoms with van der Waals surface area (Å²) >= 11 is 6.07. The van der Waals surface area contributed by atoms with Gasteiger partial charge in [-0.3, -0.25) is 4.99 Å². The number of aliphatic hydroxyl groups excluding tert-OH is 1. The Kier molecular flexibility index (Phi) is 5.31. The van der Waals surface area contributed by atoms with E-state index >= 15 is 0 Å². The monoisotopic (exact) mass is 275 g/mol. The van der Waals surface area contributed by atoms with Crippen LogP contribution in [0, 0.1) is 6.92 Å². The molecule has 1 aromatic rings. The average molecular weight is 276 g/mol. The molecule has 0 atom stereocenters. The molecule has 6 heteroatoms. The maximum absolute atomic E-state index is 9.25. The Balaban J connectivity index is 0.00000144. The van der Waals surface area contributed by atoms with Gasteiger partial charge >= 0.3 is 0 Å². The molecule has 17 heavy (non-hydrogen) atoms. The van der Waals surface area contributed by atoms with Crippen LogP contribution >= 0.6 is 24.0 Å². The van der Waals surface area contributed by atoms with Crippen molar-refractivity contribution in [3.8, 4) is 0 Å². The number of rotatable bonds is 3. The summed E-state index contributed by atoms with van der Waals surface area (Å²) in [6, 6.07) is 0. The molecule has 1 aliphatic rings. The van der Waals surface area contributed by atoms with Crippen LogP contribution in [-0.2, 0) is 13.0 Å². The van der Waals surface area contributed by atoms with Crippen molar-refractivity contribution in [3.63, 3.8) is 0 Å². The van der Waals surface area contributed by atoms with Gasteiger partial charge in [0, 0.05) is 24.2 Å². The van der Waals surface area contributed by atoms with Crippen LogP contribution in [0.5, 0.6) is 0 Å². The van der Waals surface area contributed by atoms with E-state index in [9.17, 15) is 5.11 Å². The molecule has 1 aliphatic heterocycles. The van der Waals surface area contributed by atoms with Gasteiger partial charge in [0.15, 0.2) is 0 Å². The fourth-order valence-electron chi connectivity index (χ4n) is 1.87. The largest absolute Gasteiger partial charge is 0.390 e. The lowest BCUT2D eigenvalue weighted by atomic mass is 10.1. The number of aliphatic imine (C=N–C) groups is 1. The zero-order valence-corrected chi connectivity index (χ0v) is 11.2. The predicted octanol–water partition coefficient (Wildman–Crippen LogP) is 2.13. The number of hydrogen-bond donors (Lipinski definition) is 1. The molecule has 0 unspecified atom stereocenters. The van der Waals surface area contributed by atoms with Gasteiger partial charge < -0.3 is 5.11 Å². The topological polar surface area (TPSA) is 58.4 Å². The summed E-state index contributed by atoms with van der Waals surface area (Å²) in [7, 11) is 0. The normalized spacial score (nSPS) is 14.4. The Morgan fingerprint density at radius 1 is 1.35 bits per heavy atom. The van der Waals surface area contributed by atoms with Gasteiger partial charge in [0.2, 0.25) is 0 Å². The Hall–Kier alpha value is -0.710. The number of hydrogen-bond acceptors (Lipinski definition) is 4. The number of aliphatic hydroxyl groups is 1. The third-order valence-corrected chi connectivity index (χ3v) is 2.96. The van der Waals surface area contributed by atoms with E-state index in [1.807, 2.05) is 0 Å². The molecule has 0 radical (unpaired) electrons. The van der Waals surface area contributed by atoms with E-state index in [1.54, 1.807) is 6.92 Å². The van der Waals surface area contributed by atoms with Gasteiger partial charge in [0.05, 0.1) is 12.3 Å². The third-order valence-electron chi connectivity index (χ3n) is 2.64. The maximum Gasteiger partial charge on any atom is 0.136 e. The molecule has 2 heterocycles. The van der Waals surface area contributed by atoms with Gasteiger partial charge in [-0.25, -0.2) is 9.97 Å². The molecular weight excluding hydrogens is 261 g/mol. The second kappa shape index (κ2) is 6.28. The smallest absolute Gasteiger partial charge is 0.136 e. The third kappa shape index (κ3) is 3.37. The molecule has 2 rings (SSSR count). The second-order valence-corrected chi connectivity index (χ2v) is 4.23. The first kappa shape index (κ1) is 14.4. The van der Waals surface area contributed by atoms with Crippen molar-refractivity contribution < 1.29 is 5.11 Å². The van der Waals surface area contributed by atoms with Gasteiger partial charge in [-0.05, 0) is 19.8 Å². The molecule has 0 aromatic carbocycles. The van der Waals surface area contributed by atoms with Crippen LogP contribution in [0.2, 0.25) is 5.15 Å². The van der Waals surface area contributed by atoms with E-state index < -0.39 is 0 Å². The van der Waals surface area contributed by atoms with Crippen LogP contribution in [-0.4, -0.2) is 27.3 Å². The van der Waals surface area contributed by atoms with E-state index in [2.05, 4.69) is 15.0 Å². The summed E-state index contributed by atoms with van der Waals surface area (Å²) in [4.78, 5) is 12.7. The van der Waals surface area contributed by atoms with Crippen LogP contribution in [0.15, 0.2) is 4.99 Å². The summed E-state index contributed by atoms with van der Waals surface area (Å²) in [5.74, 6) is 0.589.